The van der Waals surface area contributed by atoms with Crippen molar-refractivity contribution in [3.05, 3.63) is 53.3 Å². The van der Waals surface area contributed by atoms with E-state index in [0.717, 1.165) is 56.1 Å². The maximum absolute atomic E-state index is 13.4. The molecule has 2 aliphatic heterocycles. The van der Waals surface area contributed by atoms with Gasteiger partial charge >= 0.3 is 0 Å². The molecule has 6 nitrogen and oxygen atoms in total. The average molecular weight is 410 g/mol. The van der Waals surface area contributed by atoms with Crippen molar-refractivity contribution in [3.63, 3.8) is 0 Å². The van der Waals surface area contributed by atoms with Gasteiger partial charge in [-0.15, -0.1) is 0 Å². The molecule has 1 fully saturated rings. The van der Waals surface area contributed by atoms with Gasteiger partial charge in [-0.05, 0) is 48.4 Å². The number of carbonyl (C=O) groups is 1. The minimum absolute atomic E-state index is 0.181. The maximum atomic E-state index is 13.4. The summed E-state index contributed by atoms with van der Waals surface area (Å²) in [5.74, 6) is -1.04. The van der Waals surface area contributed by atoms with Gasteiger partial charge in [0, 0.05) is 57.4 Å². The van der Waals surface area contributed by atoms with Crippen molar-refractivity contribution >= 4 is 29.2 Å². The smallest absolute Gasteiger partial charge is 0.237 e. The van der Waals surface area contributed by atoms with E-state index in [1.807, 2.05) is 12.1 Å². The molecule has 0 bridgehead atoms. The molecular weight excluding hydrogens is 383 g/mol. The number of nitrogens with zero attached hydrogens (tertiary/aromatic N) is 3. The number of carbonyl (C=O) groups excluding carboxylic acids is 1. The second-order valence-electron chi connectivity index (χ2n) is 7.77. The van der Waals surface area contributed by atoms with Gasteiger partial charge in [-0.2, -0.15) is 0 Å². The molecule has 0 aromatic heterocycles. The zero-order valence-corrected chi connectivity index (χ0v) is 17.4. The fourth-order valence-corrected chi connectivity index (χ4v) is 4.08. The number of halogens is 1. The number of hydrogen-bond donors (Lipinski definition) is 1. The van der Waals surface area contributed by atoms with Crippen molar-refractivity contribution in [2.45, 2.75) is 12.8 Å². The molecule has 30 heavy (non-hydrogen) atoms. The topological polar surface area (TPSA) is 57.2 Å². The Balaban J connectivity index is 1.43. The van der Waals surface area contributed by atoms with Crippen LogP contribution in [0.1, 0.15) is 17.0 Å². The summed E-state index contributed by atoms with van der Waals surface area (Å²) in [6.45, 7) is 7.86. The summed E-state index contributed by atoms with van der Waals surface area (Å²) in [7, 11) is 1.74. The van der Waals surface area contributed by atoms with Crippen LogP contribution in [0.3, 0.4) is 0 Å². The third-order valence-electron chi connectivity index (χ3n) is 5.77. The van der Waals surface area contributed by atoms with Gasteiger partial charge < -0.3 is 15.0 Å². The van der Waals surface area contributed by atoms with E-state index in [9.17, 15) is 9.18 Å². The Kier molecular flexibility index (Phi) is 6.11. The quantitative estimate of drug-likeness (QED) is 0.742. The molecule has 0 saturated carbocycles. The molecule has 1 unspecified atom stereocenters. The average Bonchev–Trinajstić information content (AvgIpc) is 3.05. The van der Waals surface area contributed by atoms with Crippen LogP contribution < -0.4 is 10.2 Å². The van der Waals surface area contributed by atoms with Crippen LogP contribution >= 0.6 is 0 Å². The SMILES string of the molecule is COCCN1CCN(c2ccc(N=CC3C(=O)Nc4cc(F)ccc43)cc2C)CC1. The van der Waals surface area contributed by atoms with E-state index in [0.29, 0.717) is 5.69 Å². The molecule has 7 heteroatoms. The Morgan fingerprint density at radius 3 is 2.73 bits per heavy atom. The van der Waals surface area contributed by atoms with Gasteiger partial charge in [-0.1, -0.05) is 6.07 Å². The molecule has 158 valence electrons. The largest absolute Gasteiger partial charge is 0.383 e. The second kappa shape index (κ2) is 8.93. The molecule has 1 saturated heterocycles. The highest BCUT2D eigenvalue weighted by Gasteiger charge is 2.29. The number of hydrogen-bond acceptors (Lipinski definition) is 5. The molecule has 0 spiro atoms. The van der Waals surface area contributed by atoms with E-state index in [2.05, 4.69) is 33.1 Å². The van der Waals surface area contributed by atoms with Crippen molar-refractivity contribution in [3.8, 4) is 0 Å². The zero-order chi connectivity index (χ0) is 21.1. The van der Waals surface area contributed by atoms with Crippen LogP contribution in [-0.2, 0) is 9.53 Å². The molecule has 2 aromatic carbocycles. The minimum Gasteiger partial charge on any atom is -0.383 e. The number of methoxy groups -OCH3 is 1. The fraction of sp³-hybridized carbons (Fsp3) is 0.391. The van der Waals surface area contributed by atoms with Gasteiger partial charge in [-0.25, -0.2) is 4.39 Å². The minimum atomic E-state index is -0.499. The standard InChI is InChI=1S/C23H27FN4O2/c1-16-13-18(4-6-22(16)28-9-7-27(8-10-28)11-12-30-2)25-15-20-19-5-3-17(24)14-21(19)26-23(20)29/h3-6,13-15,20H,7-12H2,1-2H3,(H,26,29). The number of nitrogens with one attached hydrogen (secondary N) is 1. The molecule has 0 aliphatic carbocycles. The number of aryl methyl sites for hydroxylation is 1. The first-order valence-electron chi connectivity index (χ1n) is 10.3. The van der Waals surface area contributed by atoms with E-state index in [4.69, 9.17) is 4.74 Å². The van der Waals surface area contributed by atoms with Gasteiger partial charge in [0.05, 0.1) is 12.3 Å². The highest BCUT2D eigenvalue weighted by molar-refractivity contribution is 6.12. The molecule has 2 aromatic rings. The van der Waals surface area contributed by atoms with Crippen molar-refractivity contribution in [2.24, 2.45) is 4.99 Å². The lowest BCUT2D eigenvalue weighted by molar-refractivity contribution is -0.115. The van der Waals surface area contributed by atoms with Crippen LogP contribution in [0.5, 0.6) is 0 Å². The third-order valence-corrected chi connectivity index (χ3v) is 5.77. The molecule has 4 rings (SSSR count). The molecule has 0 radical (unpaired) electrons. The number of piperazine rings is 1. The number of rotatable bonds is 6. The van der Waals surface area contributed by atoms with Crippen molar-refractivity contribution in [1.29, 1.82) is 0 Å². The maximum Gasteiger partial charge on any atom is 0.237 e. The predicted octanol–water partition coefficient (Wildman–Crippen LogP) is 3.34. The van der Waals surface area contributed by atoms with Crippen LogP contribution in [0.4, 0.5) is 21.5 Å². The van der Waals surface area contributed by atoms with E-state index < -0.39 is 5.92 Å². The van der Waals surface area contributed by atoms with Gasteiger partial charge in [-0.3, -0.25) is 14.7 Å². The van der Waals surface area contributed by atoms with Crippen molar-refractivity contribution in [2.75, 3.05) is 56.7 Å². The Morgan fingerprint density at radius 2 is 2.00 bits per heavy atom. The van der Waals surface area contributed by atoms with E-state index in [1.54, 1.807) is 19.4 Å². The van der Waals surface area contributed by atoms with Crippen LogP contribution in [0, 0.1) is 12.7 Å². The fourth-order valence-electron chi connectivity index (χ4n) is 4.08. The summed E-state index contributed by atoms with van der Waals surface area (Å²) in [5, 5.41) is 2.72. The number of fused-ring (bicyclic) bond motifs is 1. The first kappa shape index (κ1) is 20.5. The van der Waals surface area contributed by atoms with E-state index in [1.165, 1.54) is 17.8 Å². The van der Waals surface area contributed by atoms with Gasteiger partial charge in [0.2, 0.25) is 5.91 Å². The molecule has 2 aliphatic rings. The van der Waals surface area contributed by atoms with Gasteiger partial charge in [0.25, 0.3) is 0 Å². The monoisotopic (exact) mass is 410 g/mol. The Labute approximate surface area is 176 Å². The summed E-state index contributed by atoms with van der Waals surface area (Å²) in [5.41, 5.74) is 4.46. The number of benzene rings is 2. The number of amides is 1. The Morgan fingerprint density at radius 1 is 1.20 bits per heavy atom. The molecule has 1 atom stereocenters. The number of anilines is 2. The van der Waals surface area contributed by atoms with Crippen LogP contribution in [0.15, 0.2) is 41.4 Å². The van der Waals surface area contributed by atoms with Crippen molar-refractivity contribution < 1.29 is 13.9 Å². The van der Waals surface area contributed by atoms with Crippen LogP contribution in [0.25, 0.3) is 0 Å². The number of ether oxygens (including phenoxy) is 1. The normalized spacial score (nSPS) is 19.4. The molecule has 1 N–H and O–H groups in total. The lowest BCUT2D eigenvalue weighted by Gasteiger charge is -2.36. The molecule has 1 amide bonds. The third kappa shape index (κ3) is 4.37. The predicted molar refractivity (Wildman–Crippen MR) is 118 cm³/mol. The lowest BCUT2D eigenvalue weighted by atomic mass is 10.0. The zero-order valence-electron chi connectivity index (χ0n) is 17.4. The Bertz CT molecular complexity index is 954. The summed E-state index contributed by atoms with van der Waals surface area (Å²) < 4.78 is 18.6. The first-order valence-corrected chi connectivity index (χ1v) is 10.3. The lowest BCUT2D eigenvalue weighted by Crippen LogP contribution is -2.47. The first-order chi connectivity index (χ1) is 14.5. The van der Waals surface area contributed by atoms with Gasteiger partial charge in [0.1, 0.15) is 11.7 Å². The van der Waals surface area contributed by atoms with Crippen LogP contribution in [-0.4, -0.2) is 63.5 Å². The van der Waals surface area contributed by atoms with E-state index in [-0.39, 0.29) is 11.7 Å². The van der Waals surface area contributed by atoms with Crippen LogP contribution in [0.2, 0.25) is 0 Å². The summed E-state index contributed by atoms with van der Waals surface area (Å²) in [6.07, 6.45) is 1.64. The summed E-state index contributed by atoms with van der Waals surface area (Å²) in [4.78, 5) is 21.6. The highest BCUT2D eigenvalue weighted by Crippen LogP contribution is 2.33. The summed E-state index contributed by atoms with van der Waals surface area (Å²) >= 11 is 0. The van der Waals surface area contributed by atoms with Gasteiger partial charge in [0.15, 0.2) is 0 Å². The molecule has 2 heterocycles. The van der Waals surface area contributed by atoms with E-state index >= 15 is 0 Å². The van der Waals surface area contributed by atoms with Crippen molar-refractivity contribution in [1.82, 2.24) is 4.90 Å². The highest BCUT2D eigenvalue weighted by atomic mass is 19.1. The summed E-state index contributed by atoms with van der Waals surface area (Å²) in [6, 6.07) is 10.5. The second-order valence-corrected chi connectivity index (χ2v) is 7.77. The molecular formula is C23H27FN4O2. The Hall–Kier alpha value is -2.77. The number of aliphatic imine (C=N–C) groups is 1.